The summed E-state index contributed by atoms with van der Waals surface area (Å²) < 4.78 is 19.3. The number of nitrogens with two attached hydrogens (primary N) is 1. The van der Waals surface area contributed by atoms with Crippen LogP contribution < -0.4 is 5.73 Å². The maximum atomic E-state index is 13.7. The molecule has 3 nitrogen and oxygen atoms in total. The number of ether oxygens (including phenoxy) is 1. The van der Waals surface area contributed by atoms with E-state index in [-0.39, 0.29) is 18.0 Å². The molecule has 1 aliphatic rings. The SMILES string of the molecule is Cc1ccc(C(CN)N(C)C2CCOC2C)cc1F. The second kappa shape index (κ2) is 5.99. The quantitative estimate of drug-likeness (QED) is 0.908. The minimum absolute atomic E-state index is 0.0317. The van der Waals surface area contributed by atoms with Gasteiger partial charge in [0, 0.05) is 25.2 Å². The molecule has 3 unspecified atom stereocenters. The van der Waals surface area contributed by atoms with E-state index in [0.29, 0.717) is 18.2 Å². The van der Waals surface area contributed by atoms with Crippen LogP contribution in [0.3, 0.4) is 0 Å². The monoisotopic (exact) mass is 266 g/mol. The van der Waals surface area contributed by atoms with Crippen LogP contribution in [0, 0.1) is 12.7 Å². The first-order valence-corrected chi connectivity index (χ1v) is 6.84. The van der Waals surface area contributed by atoms with Gasteiger partial charge in [-0.15, -0.1) is 0 Å². The molecular formula is C15H23FN2O. The lowest BCUT2D eigenvalue weighted by Crippen LogP contribution is -2.42. The Bertz CT molecular complexity index is 438. The van der Waals surface area contributed by atoms with Crippen LogP contribution in [-0.4, -0.2) is 37.2 Å². The van der Waals surface area contributed by atoms with Crippen LogP contribution in [0.2, 0.25) is 0 Å². The second-order valence-electron chi connectivity index (χ2n) is 5.36. The van der Waals surface area contributed by atoms with Crippen molar-refractivity contribution < 1.29 is 9.13 Å². The molecule has 1 aromatic carbocycles. The molecule has 4 heteroatoms. The van der Waals surface area contributed by atoms with E-state index in [4.69, 9.17) is 10.5 Å². The Kier molecular flexibility index (Phi) is 4.55. The van der Waals surface area contributed by atoms with Gasteiger partial charge in [0.25, 0.3) is 0 Å². The molecule has 1 aromatic rings. The third kappa shape index (κ3) is 2.96. The first-order valence-electron chi connectivity index (χ1n) is 6.84. The number of rotatable bonds is 4. The zero-order chi connectivity index (χ0) is 14.0. The fourth-order valence-corrected chi connectivity index (χ4v) is 2.84. The predicted octanol–water partition coefficient (Wildman–Crippen LogP) is 2.24. The fourth-order valence-electron chi connectivity index (χ4n) is 2.84. The maximum Gasteiger partial charge on any atom is 0.126 e. The fraction of sp³-hybridized carbons (Fsp3) is 0.600. The van der Waals surface area contributed by atoms with Crippen LogP contribution in [0.25, 0.3) is 0 Å². The summed E-state index contributed by atoms with van der Waals surface area (Å²) >= 11 is 0. The molecule has 0 saturated carbocycles. The summed E-state index contributed by atoms with van der Waals surface area (Å²) in [6.45, 7) is 5.11. The van der Waals surface area contributed by atoms with Gasteiger partial charge in [0.1, 0.15) is 5.82 Å². The maximum absolute atomic E-state index is 13.7. The smallest absolute Gasteiger partial charge is 0.126 e. The van der Waals surface area contributed by atoms with Gasteiger partial charge in [-0.2, -0.15) is 0 Å². The number of nitrogens with zero attached hydrogens (tertiary/aromatic N) is 1. The molecule has 0 aliphatic carbocycles. The average molecular weight is 266 g/mol. The average Bonchev–Trinajstić information content (AvgIpc) is 2.80. The number of benzene rings is 1. The molecule has 1 heterocycles. The van der Waals surface area contributed by atoms with Gasteiger partial charge in [0.05, 0.1) is 6.10 Å². The summed E-state index contributed by atoms with van der Waals surface area (Å²) in [7, 11) is 2.05. The summed E-state index contributed by atoms with van der Waals surface area (Å²) in [6, 6.07) is 5.76. The topological polar surface area (TPSA) is 38.5 Å². The van der Waals surface area contributed by atoms with Gasteiger partial charge in [-0.25, -0.2) is 4.39 Å². The van der Waals surface area contributed by atoms with Crippen LogP contribution in [-0.2, 0) is 4.74 Å². The van der Waals surface area contributed by atoms with Crippen molar-refractivity contribution in [3.05, 3.63) is 35.1 Å². The summed E-state index contributed by atoms with van der Waals surface area (Å²) in [4.78, 5) is 2.22. The van der Waals surface area contributed by atoms with Crippen LogP contribution >= 0.6 is 0 Å². The van der Waals surface area contributed by atoms with E-state index in [2.05, 4.69) is 11.8 Å². The molecule has 2 rings (SSSR count). The van der Waals surface area contributed by atoms with E-state index in [1.165, 1.54) is 0 Å². The molecule has 1 aliphatic heterocycles. The Hall–Kier alpha value is -0.970. The van der Waals surface area contributed by atoms with Crippen LogP contribution in [0.15, 0.2) is 18.2 Å². The van der Waals surface area contributed by atoms with E-state index < -0.39 is 0 Å². The van der Waals surface area contributed by atoms with Gasteiger partial charge in [-0.3, -0.25) is 4.90 Å². The second-order valence-corrected chi connectivity index (χ2v) is 5.36. The van der Waals surface area contributed by atoms with Gasteiger partial charge < -0.3 is 10.5 Å². The van der Waals surface area contributed by atoms with Crippen LogP contribution in [0.1, 0.15) is 30.5 Å². The molecule has 3 atom stereocenters. The highest BCUT2D eigenvalue weighted by Crippen LogP contribution is 2.27. The molecule has 0 bridgehead atoms. The van der Waals surface area contributed by atoms with Crippen LogP contribution in [0.4, 0.5) is 4.39 Å². The molecule has 0 amide bonds. The molecular weight excluding hydrogens is 243 g/mol. The minimum atomic E-state index is -0.167. The van der Waals surface area contributed by atoms with Gasteiger partial charge >= 0.3 is 0 Å². The van der Waals surface area contributed by atoms with Crippen molar-refractivity contribution in [1.82, 2.24) is 4.90 Å². The first-order chi connectivity index (χ1) is 9.04. The largest absolute Gasteiger partial charge is 0.377 e. The number of hydrogen-bond donors (Lipinski definition) is 1. The van der Waals surface area contributed by atoms with Crippen molar-refractivity contribution in [2.75, 3.05) is 20.2 Å². The predicted molar refractivity (Wildman–Crippen MR) is 74.5 cm³/mol. The van der Waals surface area contributed by atoms with Crippen LogP contribution in [0.5, 0.6) is 0 Å². The standard InChI is InChI=1S/C15H23FN2O/c1-10-4-5-12(8-13(10)16)15(9-17)18(3)14-6-7-19-11(14)2/h4-5,8,11,14-15H,6-7,9,17H2,1-3H3. The number of hydrogen-bond acceptors (Lipinski definition) is 3. The highest BCUT2D eigenvalue weighted by Gasteiger charge is 2.32. The summed E-state index contributed by atoms with van der Waals surface area (Å²) in [5, 5.41) is 0. The highest BCUT2D eigenvalue weighted by molar-refractivity contribution is 5.26. The lowest BCUT2D eigenvalue weighted by molar-refractivity contribution is 0.0685. The molecule has 0 radical (unpaired) electrons. The van der Waals surface area contributed by atoms with Gasteiger partial charge in [-0.05, 0) is 44.5 Å². The van der Waals surface area contributed by atoms with E-state index in [1.54, 1.807) is 13.0 Å². The minimum Gasteiger partial charge on any atom is -0.377 e. The Balaban J connectivity index is 2.20. The van der Waals surface area contributed by atoms with Gasteiger partial charge in [-0.1, -0.05) is 12.1 Å². The Morgan fingerprint density at radius 2 is 2.26 bits per heavy atom. The molecule has 1 fully saturated rings. The number of likely N-dealkylation sites (N-methyl/N-ethyl adjacent to an activating group) is 1. The highest BCUT2D eigenvalue weighted by atomic mass is 19.1. The van der Waals surface area contributed by atoms with Crippen molar-refractivity contribution in [3.63, 3.8) is 0 Å². The van der Waals surface area contributed by atoms with Crippen molar-refractivity contribution in [2.45, 2.75) is 38.5 Å². The number of aryl methyl sites for hydroxylation is 1. The summed E-state index contributed by atoms with van der Waals surface area (Å²) in [5.41, 5.74) is 7.51. The number of halogens is 1. The van der Waals surface area contributed by atoms with E-state index in [1.807, 2.05) is 19.2 Å². The lowest BCUT2D eigenvalue weighted by Gasteiger charge is -2.34. The summed E-state index contributed by atoms with van der Waals surface area (Å²) in [6.07, 6.45) is 1.21. The Morgan fingerprint density at radius 1 is 1.53 bits per heavy atom. The van der Waals surface area contributed by atoms with Gasteiger partial charge in [0.15, 0.2) is 0 Å². The third-order valence-corrected chi connectivity index (χ3v) is 4.15. The molecule has 0 spiro atoms. The van der Waals surface area contributed by atoms with E-state index in [0.717, 1.165) is 18.6 Å². The van der Waals surface area contributed by atoms with Crippen molar-refractivity contribution >= 4 is 0 Å². The first kappa shape index (κ1) is 14.4. The van der Waals surface area contributed by atoms with Crippen molar-refractivity contribution in [3.8, 4) is 0 Å². The Morgan fingerprint density at radius 3 is 2.79 bits per heavy atom. The zero-order valence-electron chi connectivity index (χ0n) is 11.9. The van der Waals surface area contributed by atoms with E-state index in [9.17, 15) is 4.39 Å². The van der Waals surface area contributed by atoms with Gasteiger partial charge in [0.2, 0.25) is 0 Å². The molecule has 19 heavy (non-hydrogen) atoms. The van der Waals surface area contributed by atoms with E-state index >= 15 is 0 Å². The normalized spacial score (nSPS) is 24.9. The third-order valence-electron chi connectivity index (χ3n) is 4.15. The molecule has 1 saturated heterocycles. The van der Waals surface area contributed by atoms with Crippen molar-refractivity contribution in [2.24, 2.45) is 5.73 Å². The summed E-state index contributed by atoms with van der Waals surface area (Å²) in [5.74, 6) is -0.167. The molecule has 0 aromatic heterocycles. The zero-order valence-corrected chi connectivity index (χ0v) is 11.9. The van der Waals surface area contributed by atoms with Crippen molar-refractivity contribution in [1.29, 1.82) is 0 Å². The Labute approximate surface area is 114 Å². The lowest BCUT2D eigenvalue weighted by atomic mass is 10.0. The molecule has 2 N–H and O–H groups in total. The molecule has 106 valence electrons.